The van der Waals surface area contributed by atoms with Crippen LogP contribution >= 0.6 is 0 Å². The standard InChI is InChI=1S/C10H19N5O2/c1-3-10(2,17)7-15-6-8(13-14-15)5-12-9(16)4-11/h6,17H,3-5,7,11H2,1-2H3,(H,12,16). The van der Waals surface area contributed by atoms with Gasteiger partial charge in [0.25, 0.3) is 0 Å². The first kappa shape index (κ1) is 13.6. The molecule has 7 heteroatoms. The van der Waals surface area contributed by atoms with Gasteiger partial charge in [0.05, 0.1) is 31.4 Å². The summed E-state index contributed by atoms with van der Waals surface area (Å²) in [6, 6.07) is 0. The minimum absolute atomic E-state index is 0.0430. The fourth-order valence-electron chi connectivity index (χ4n) is 1.22. The van der Waals surface area contributed by atoms with Gasteiger partial charge in [0.1, 0.15) is 5.69 Å². The summed E-state index contributed by atoms with van der Waals surface area (Å²) in [6.07, 6.45) is 2.33. The summed E-state index contributed by atoms with van der Waals surface area (Å²) in [5, 5.41) is 20.2. The molecule has 0 aromatic carbocycles. The van der Waals surface area contributed by atoms with Crippen molar-refractivity contribution in [3.63, 3.8) is 0 Å². The van der Waals surface area contributed by atoms with Crippen LogP contribution in [0.25, 0.3) is 0 Å². The Morgan fingerprint density at radius 1 is 1.71 bits per heavy atom. The third kappa shape index (κ3) is 4.49. The molecule has 0 saturated carbocycles. The third-order valence-corrected chi connectivity index (χ3v) is 2.50. The number of hydrogen-bond donors (Lipinski definition) is 3. The van der Waals surface area contributed by atoms with Crippen LogP contribution in [0.5, 0.6) is 0 Å². The molecular formula is C10H19N5O2. The lowest BCUT2D eigenvalue weighted by Gasteiger charge is -2.20. The van der Waals surface area contributed by atoms with Gasteiger partial charge in [-0.1, -0.05) is 12.1 Å². The number of carbonyl (C=O) groups is 1. The van der Waals surface area contributed by atoms with E-state index >= 15 is 0 Å². The SMILES string of the molecule is CCC(C)(O)Cn1cc(CNC(=O)CN)nn1. The summed E-state index contributed by atoms with van der Waals surface area (Å²) in [5.74, 6) is -0.236. The van der Waals surface area contributed by atoms with Gasteiger partial charge in [-0.25, -0.2) is 4.68 Å². The molecule has 0 aliphatic heterocycles. The molecule has 0 spiro atoms. The molecule has 4 N–H and O–H groups in total. The molecule has 0 saturated heterocycles. The molecule has 17 heavy (non-hydrogen) atoms. The first-order valence-corrected chi connectivity index (χ1v) is 5.55. The first-order valence-electron chi connectivity index (χ1n) is 5.55. The molecule has 0 fully saturated rings. The van der Waals surface area contributed by atoms with Crippen LogP contribution in [0.15, 0.2) is 6.20 Å². The van der Waals surface area contributed by atoms with Crippen molar-refractivity contribution in [2.24, 2.45) is 5.73 Å². The van der Waals surface area contributed by atoms with Crippen molar-refractivity contribution in [2.75, 3.05) is 6.54 Å². The van der Waals surface area contributed by atoms with E-state index in [2.05, 4.69) is 15.6 Å². The molecule has 1 heterocycles. The molecule has 1 aromatic rings. The van der Waals surface area contributed by atoms with Crippen LogP contribution in [0.4, 0.5) is 0 Å². The highest BCUT2D eigenvalue weighted by Gasteiger charge is 2.19. The summed E-state index contributed by atoms with van der Waals surface area (Å²) in [6.45, 7) is 4.27. The lowest BCUT2D eigenvalue weighted by Crippen LogP contribution is -2.30. The maximum atomic E-state index is 10.9. The first-order chi connectivity index (χ1) is 7.96. The number of amides is 1. The molecule has 7 nitrogen and oxygen atoms in total. The predicted octanol–water partition coefficient (Wildman–Crippen LogP) is -0.986. The molecule has 1 atom stereocenters. The van der Waals surface area contributed by atoms with E-state index in [1.165, 1.54) is 0 Å². The number of nitrogens with two attached hydrogens (primary N) is 1. The topological polar surface area (TPSA) is 106 Å². The Morgan fingerprint density at radius 3 is 3.00 bits per heavy atom. The predicted molar refractivity (Wildman–Crippen MR) is 61.8 cm³/mol. The number of nitrogens with one attached hydrogen (secondary N) is 1. The van der Waals surface area contributed by atoms with Crippen LogP contribution in [-0.4, -0.2) is 38.2 Å². The van der Waals surface area contributed by atoms with E-state index < -0.39 is 5.60 Å². The van der Waals surface area contributed by atoms with Gasteiger partial charge in [-0.3, -0.25) is 4.79 Å². The number of aliphatic hydroxyl groups is 1. The van der Waals surface area contributed by atoms with Gasteiger partial charge < -0.3 is 16.2 Å². The van der Waals surface area contributed by atoms with E-state index in [0.29, 0.717) is 25.2 Å². The van der Waals surface area contributed by atoms with Crippen molar-refractivity contribution >= 4 is 5.91 Å². The molecule has 96 valence electrons. The van der Waals surface area contributed by atoms with Crippen LogP contribution < -0.4 is 11.1 Å². The summed E-state index contributed by atoms with van der Waals surface area (Å²) in [5.41, 5.74) is 4.99. The number of aromatic nitrogens is 3. The van der Waals surface area contributed by atoms with Gasteiger partial charge in [-0.2, -0.15) is 0 Å². The summed E-state index contributed by atoms with van der Waals surface area (Å²) >= 11 is 0. The highest BCUT2D eigenvalue weighted by molar-refractivity contribution is 5.77. The van der Waals surface area contributed by atoms with Crippen molar-refractivity contribution in [3.05, 3.63) is 11.9 Å². The van der Waals surface area contributed by atoms with Crippen LogP contribution in [0.1, 0.15) is 26.0 Å². The third-order valence-electron chi connectivity index (χ3n) is 2.50. The quantitative estimate of drug-likeness (QED) is 0.593. The maximum absolute atomic E-state index is 10.9. The van der Waals surface area contributed by atoms with Gasteiger partial charge >= 0.3 is 0 Å². The van der Waals surface area contributed by atoms with Gasteiger partial charge in [-0.05, 0) is 13.3 Å². The molecule has 0 aliphatic carbocycles. The van der Waals surface area contributed by atoms with Crippen LogP contribution in [0.3, 0.4) is 0 Å². The second-order valence-electron chi connectivity index (χ2n) is 4.24. The van der Waals surface area contributed by atoms with Gasteiger partial charge in [-0.15, -0.1) is 5.10 Å². The van der Waals surface area contributed by atoms with Gasteiger partial charge in [0.15, 0.2) is 0 Å². The van der Waals surface area contributed by atoms with Crippen LogP contribution in [0.2, 0.25) is 0 Å². The monoisotopic (exact) mass is 241 g/mol. The van der Waals surface area contributed by atoms with Gasteiger partial charge in [0.2, 0.25) is 5.91 Å². The molecule has 0 aliphatic rings. The summed E-state index contributed by atoms with van der Waals surface area (Å²) in [4.78, 5) is 10.9. The molecule has 1 rings (SSSR count). The highest BCUT2D eigenvalue weighted by atomic mass is 16.3. The van der Waals surface area contributed by atoms with E-state index in [1.807, 2.05) is 6.92 Å². The van der Waals surface area contributed by atoms with E-state index in [-0.39, 0.29) is 12.5 Å². The van der Waals surface area contributed by atoms with E-state index in [1.54, 1.807) is 17.8 Å². The number of rotatable bonds is 6. The van der Waals surface area contributed by atoms with E-state index in [0.717, 1.165) is 0 Å². The minimum Gasteiger partial charge on any atom is -0.388 e. The average Bonchev–Trinajstić information content (AvgIpc) is 2.73. The molecule has 0 radical (unpaired) electrons. The van der Waals surface area contributed by atoms with E-state index in [9.17, 15) is 9.90 Å². The molecule has 1 unspecified atom stereocenters. The Balaban J connectivity index is 2.51. The Morgan fingerprint density at radius 2 is 2.41 bits per heavy atom. The zero-order valence-corrected chi connectivity index (χ0v) is 10.2. The van der Waals surface area contributed by atoms with Crippen molar-refractivity contribution in [3.8, 4) is 0 Å². The Labute approximate surface area is 100.0 Å². The number of hydrogen-bond acceptors (Lipinski definition) is 5. The maximum Gasteiger partial charge on any atom is 0.234 e. The Kier molecular flexibility index (Phi) is 4.59. The number of nitrogens with zero attached hydrogens (tertiary/aromatic N) is 3. The smallest absolute Gasteiger partial charge is 0.234 e. The molecule has 0 bridgehead atoms. The largest absolute Gasteiger partial charge is 0.388 e. The highest BCUT2D eigenvalue weighted by Crippen LogP contribution is 2.10. The van der Waals surface area contributed by atoms with Crippen molar-refractivity contribution in [1.82, 2.24) is 20.3 Å². The lowest BCUT2D eigenvalue weighted by atomic mass is 10.0. The second kappa shape index (κ2) is 5.74. The molecule has 1 amide bonds. The Hall–Kier alpha value is -1.47. The molecular weight excluding hydrogens is 222 g/mol. The fraction of sp³-hybridized carbons (Fsp3) is 0.700. The zero-order valence-electron chi connectivity index (χ0n) is 10.2. The van der Waals surface area contributed by atoms with Crippen LogP contribution in [0, 0.1) is 0 Å². The number of carbonyl (C=O) groups excluding carboxylic acids is 1. The fourth-order valence-corrected chi connectivity index (χ4v) is 1.22. The summed E-state index contributed by atoms with van der Waals surface area (Å²) in [7, 11) is 0. The second-order valence-corrected chi connectivity index (χ2v) is 4.24. The zero-order chi connectivity index (χ0) is 12.9. The minimum atomic E-state index is -0.800. The van der Waals surface area contributed by atoms with Crippen molar-refractivity contribution in [1.29, 1.82) is 0 Å². The van der Waals surface area contributed by atoms with Crippen molar-refractivity contribution < 1.29 is 9.90 Å². The Bertz CT molecular complexity index is 375. The lowest BCUT2D eigenvalue weighted by molar-refractivity contribution is -0.119. The summed E-state index contributed by atoms with van der Waals surface area (Å²) < 4.78 is 1.56. The van der Waals surface area contributed by atoms with Crippen LogP contribution in [-0.2, 0) is 17.9 Å². The van der Waals surface area contributed by atoms with Crippen molar-refractivity contribution in [2.45, 2.75) is 39.0 Å². The van der Waals surface area contributed by atoms with Gasteiger partial charge in [0, 0.05) is 0 Å². The average molecular weight is 241 g/mol. The van der Waals surface area contributed by atoms with E-state index in [4.69, 9.17) is 5.73 Å². The molecule has 1 aromatic heterocycles. The normalized spacial score (nSPS) is 14.4.